The average molecular weight is 364 g/mol. The van der Waals surface area contributed by atoms with E-state index in [4.69, 9.17) is 10.2 Å². The maximum Gasteiger partial charge on any atom is 0.303 e. The minimum Gasteiger partial charge on any atom is -0.481 e. The molecule has 0 rings (SSSR count). The summed E-state index contributed by atoms with van der Waals surface area (Å²) in [6, 6.07) is 0. The zero-order valence-electron chi connectivity index (χ0n) is 15.1. The van der Waals surface area contributed by atoms with E-state index in [1.807, 2.05) is 0 Å². The summed E-state index contributed by atoms with van der Waals surface area (Å²) in [6.07, 6.45) is 3.03. The lowest BCUT2D eigenvalue weighted by Gasteiger charge is -2.23. The second kappa shape index (κ2) is 15.5. The molecule has 0 bridgehead atoms. The van der Waals surface area contributed by atoms with Crippen LogP contribution in [0.25, 0.3) is 0 Å². The van der Waals surface area contributed by atoms with E-state index in [9.17, 15) is 25.2 Å². The number of unbranched alkanes of at least 4 members (excludes halogenated alkanes) is 6. The van der Waals surface area contributed by atoms with Gasteiger partial charge in [-0.3, -0.25) is 4.79 Å². The Morgan fingerprint density at radius 1 is 0.640 bits per heavy atom. The molecule has 7 heteroatoms. The first-order chi connectivity index (χ1) is 11.9. The molecule has 0 spiro atoms. The quantitative estimate of drug-likeness (QED) is 0.213. The van der Waals surface area contributed by atoms with Crippen LogP contribution < -0.4 is 0 Å². The summed E-state index contributed by atoms with van der Waals surface area (Å²) in [5, 5.41) is 56.8. The van der Waals surface area contributed by atoms with Gasteiger partial charge in [-0.05, 0) is 25.7 Å². The standard InChI is InChI=1S/C18H36O7/c19-12-8-4-6-10-15(21)17(23)13-16(22)14(20)9-5-2-1-3-7-11-18(24)25/h14-17,19-23H,1-13H2,(H,24,25)/t14-,15+,16+,17-/m1/s1. The highest BCUT2D eigenvalue weighted by atomic mass is 16.4. The third-order valence-corrected chi connectivity index (χ3v) is 4.42. The Kier molecular flexibility index (Phi) is 15.1. The summed E-state index contributed by atoms with van der Waals surface area (Å²) in [5.41, 5.74) is 0. The predicted octanol–water partition coefficient (Wildman–Crippen LogP) is 1.19. The van der Waals surface area contributed by atoms with Crippen LogP contribution in [0.4, 0.5) is 0 Å². The molecule has 0 amide bonds. The largest absolute Gasteiger partial charge is 0.481 e. The van der Waals surface area contributed by atoms with Crippen LogP contribution in [0.5, 0.6) is 0 Å². The minimum atomic E-state index is -1.07. The van der Waals surface area contributed by atoms with Crippen molar-refractivity contribution < 1.29 is 35.4 Å². The summed E-state index contributed by atoms with van der Waals surface area (Å²) in [4.78, 5) is 10.4. The number of aliphatic hydroxyl groups is 5. The fourth-order valence-corrected chi connectivity index (χ4v) is 2.75. The third kappa shape index (κ3) is 14.2. The molecule has 7 nitrogen and oxygen atoms in total. The number of hydrogen-bond donors (Lipinski definition) is 6. The Morgan fingerprint density at radius 2 is 1.08 bits per heavy atom. The molecule has 0 heterocycles. The summed E-state index contributed by atoms with van der Waals surface area (Å²) >= 11 is 0. The molecule has 0 aliphatic rings. The van der Waals surface area contributed by atoms with Gasteiger partial charge in [-0.25, -0.2) is 0 Å². The second-order valence-electron chi connectivity index (χ2n) is 6.78. The molecule has 0 aromatic heterocycles. The summed E-state index contributed by atoms with van der Waals surface area (Å²) in [5.74, 6) is -0.785. The van der Waals surface area contributed by atoms with Crippen molar-refractivity contribution in [2.75, 3.05) is 6.61 Å². The molecule has 0 aromatic carbocycles. The van der Waals surface area contributed by atoms with Gasteiger partial charge in [0.1, 0.15) is 0 Å². The van der Waals surface area contributed by atoms with Crippen molar-refractivity contribution >= 4 is 5.97 Å². The topological polar surface area (TPSA) is 138 Å². The number of aliphatic hydroxyl groups excluding tert-OH is 5. The van der Waals surface area contributed by atoms with Crippen LogP contribution >= 0.6 is 0 Å². The second-order valence-corrected chi connectivity index (χ2v) is 6.78. The Bertz CT molecular complexity index is 325. The van der Waals surface area contributed by atoms with Crippen LogP contribution in [0.15, 0.2) is 0 Å². The van der Waals surface area contributed by atoms with Gasteiger partial charge in [0.05, 0.1) is 24.4 Å². The predicted molar refractivity (Wildman–Crippen MR) is 94.2 cm³/mol. The van der Waals surface area contributed by atoms with Crippen molar-refractivity contribution in [1.29, 1.82) is 0 Å². The van der Waals surface area contributed by atoms with Crippen molar-refractivity contribution in [3.63, 3.8) is 0 Å². The number of aliphatic carboxylic acids is 1. The average Bonchev–Trinajstić information content (AvgIpc) is 2.56. The van der Waals surface area contributed by atoms with Gasteiger partial charge in [0.2, 0.25) is 0 Å². The highest BCUT2D eigenvalue weighted by molar-refractivity contribution is 5.66. The zero-order valence-corrected chi connectivity index (χ0v) is 15.1. The smallest absolute Gasteiger partial charge is 0.303 e. The van der Waals surface area contributed by atoms with Gasteiger partial charge in [0.25, 0.3) is 0 Å². The summed E-state index contributed by atoms with van der Waals surface area (Å²) in [6.45, 7) is 0.114. The monoisotopic (exact) mass is 364 g/mol. The Morgan fingerprint density at radius 3 is 1.56 bits per heavy atom. The minimum absolute atomic E-state index is 0.0685. The number of carboxylic acids is 1. The van der Waals surface area contributed by atoms with E-state index in [1.165, 1.54) is 0 Å². The first-order valence-electron chi connectivity index (χ1n) is 9.43. The van der Waals surface area contributed by atoms with Crippen LogP contribution in [0.1, 0.15) is 77.0 Å². The van der Waals surface area contributed by atoms with E-state index in [0.717, 1.165) is 32.1 Å². The van der Waals surface area contributed by atoms with Crippen LogP contribution in [-0.4, -0.2) is 67.6 Å². The highest BCUT2D eigenvalue weighted by Gasteiger charge is 2.24. The lowest BCUT2D eigenvalue weighted by atomic mass is 9.96. The SMILES string of the molecule is O=C(O)CCCCCCC[C@@H](O)[C@@H](O)C[C@@H](O)[C@@H](O)CCCCCO. The van der Waals surface area contributed by atoms with Crippen molar-refractivity contribution in [1.82, 2.24) is 0 Å². The maximum atomic E-state index is 10.4. The maximum absolute atomic E-state index is 10.4. The molecule has 4 atom stereocenters. The molecule has 0 saturated heterocycles. The molecule has 0 fully saturated rings. The van der Waals surface area contributed by atoms with Crippen LogP contribution in [0.3, 0.4) is 0 Å². The van der Waals surface area contributed by atoms with E-state index >= 15 is 0 Å². The lowest BCUT2D eigenvalue weighted by molar-refractivity contribution is -0.137. The van der Waals surface area contributed by atoms with Gasteiger partial charge in [-0.15, -0.1) is 0 Å². The fourth-order valence-electron chi connectivity index (χ4n) is 2.75. The van der Waals surface area contributed by atoms with Crippen molar-refractivity contribution in [2.24, 2.45) is 0 Å². The molecular weight excluding hydrogens is 328 g/mol. The van der Waals surface area contributed by atoms with Gasteiger partial charge in [0.15, 0.2) is 0 Å². The normalized spacial score (nSPS) is 16.4. The van der Waals surface area contributed by atoms with E-state index < -0.39 is 30.4 Å². The molecule has 0 saturated carbocycles. The number of carbonyl (C=O) groups is 1. The summed E-state index contributed by atoms with van der Waals surface area (Å²) < 4.78 is 0. The molecule has 0 aliphatic heterocycles. The Hall–Kier alpha value is -0.730. The molecule has 0 aromatic rings. The zero-order chi connectivity index (χ0) is 19.1. The lowest BCUT2D eigenvalue weighted by Crippen LogP contribution is -2.35. The van der Waals surface area contributed by atoms with Gasteiger partial charge in [0, 0.05) is 19.4 Å². The van der Waals surface area contributed by atoms with Crippen molar-refractivity contribution in [3.05, 3.63) is 0 Å². The van der Waals surface area contributed by atoms with E-state index in [1.54, 1.807) is 0 Å². The molecule has 25 heavy (non-hydrogen) atoms. The first-order valence-corrected chi connectivity index (χ1v) is 9.43. The molecule has 0 unspecified atom stereocenters. The van der Waals surface area contributed by atoms with Crippen LogP contribution in [0.2, 0.25) is 0 Å². The van der Waals surface area contributed by atoms with Gasteiger partial charge in [-0.1, -0.05) is 38.5 Å². The van der Waals surface area contributed by atoms with E-state index in [0.29, 0.717) is 32.1 Å². The van der Waals surface area contributed by atoms with Crippen molar-refractivity contribution in [2.45, 2.75) is 101 Å². The Labute approximate surface area is 150 Å². The molecule has 6 N–H and O–H groups in total. The molecule has 0 radical (unpaired) electrons. The van der Waals surface area contributed by atoms with Gasteiger partial charge < -0.3 is 30.6 Å². The van der Waals surface area contributed by atoms with E-state index in [2.05, 4.69) is 0 Å². The highest BCUT2D eigenvalue weighted by Crippen LogP contribution is 2.16. The fraction of sp³-hybridized carbons (Fsp3) is 0.944. The van der Waals surface area contributed by atoms with Crippen molar-refractivity contribution in [3.8, 4) is 0 Å². The van der Waals surface area contributed by atoms with Gasteiger partial charge >= 0.3 is 5.97 Å². The number of hydrogen-bond acceptors (Lipinski definition) is 6. The van der Waals surface area contributed by atoms with Crippen LogP contribution in [0, 0.1) is 0 Å². The Balaban J connectivity index is 3.74. The van der Waals surface area contributed by atoms with Crippen LogP contribution in [-0.2, 0) is 4.79 Å². The number of carboxylic acid groups (broad SMARTS) is 1. The summed E-state index contributed by atoms with van der Waals surface area (Å²) in [7, 11) is 0. The molecular formula is C18H36O7. The third-order valence-electron chi connectivity index (χ3n) is 4.42. The molecule has 150 valence electrons. The van der Waals surface area contributed by atoms with Gasteiger partial charge in [-0.2, -0.15) is 0 Å². The van der Waals surface area contributed by atoms with E-state index in [-0.39, 0.29) is 19.4 Å². The molecule has 0 aliphatic carbocycles. The number of rotatable bonds is 17. The first kappa shape index (κ1) is 24.3.